The van der Waals surface area contributed by atoms with Gasteiger partial charge in [-0.1, -0.05) is 39.3 Å². The molecule has 0 saturated heterocycles. The van der Waals surface area contributed by atoms with Crippen molar-refractivity contribution in [2.24, 2.45) is 34.6 Å². The maximum absolute atomic E-state index is 12.9. The molecule has 0 aliphatic heterocycles. The molecule has 1 aromatic heterocycles. The third-order valence-electron chi connectivity index (χ3n) is 7.64. The number of ether oxygens (including phenoxy) is 1. The van der Waals surface area contributed by atoms with Crippen molar-refractivity contribution < 1.29 is 19.4 Å². The summed E-state index contributed by atoms with van der Waals surface area (Å²) in [6, 6.07) is 6.00. The summed E-state index contributed by atoms with van der Waals surface area (Å²) >= 11 is 0. The monoisotopic (exact) mass is 531 g/mol. The van der Waals surface area contributed by atoms with E-state index in [0.29, 0.717) is 18.9 Å². The van der Waals surface area contributed by atoms with Crippen molar-refractivity contribution in [2.75, 3.05) is 20.3 Å². The maximum Gasteiger partial charge on any atom is 0.224 e. The standard InChI is InChI=1S/C29H49N5O4/c1-7-20(13-21-9-10-22-17-33-34(25(22)15-21)11-8-12-38-6)14-24(30)26(35)16-23(19(2)3)27(36)32-18-29(4,5)28(31)37/h9-10,15,17,19-20,23-24,26,35H,7-8,11-14,16,18,30H2,1-6H3,(H2,31,37)(H,32,36)/t20-,23-,24-,26-/m0/s1. The van der Waals surface area contributed by atoms with E-state index < -0.39 is 29.4 Å². The molecule has 214 valence electrons. The van der Waals surface area contributed by atoms with Gasteiger partial charge in [-0.3, -0.25) is 14.3 Å². The maximum atomic E-state index is 12.9. The molecule has 0 saturated carbocycles. The van der Waals surface area contributed by atoms with Crippen molar-refractivity contribution >= 4 is 22.7 Å². The molecule has 0 spiro atoms. The van der Waals surface area contributed by atoms with Gasteiger partial charge in [-0.25, -0.2) is 0 Å². The van der Waals surface area contributed by atoms with Gasteiger partial charge in [0.25, 0.3) is 0 Å². The van der Waals surface area contributed by atoms with Gasteiger partial charge in [0.1, 0.15) is 0 Å². The minimum absolute atomic E-state index is 0.0102. The van der Waals surface area contributed by atoms with Crippen molar-refractivity contribution in [3.8, 4) is 0 Å². The Kier molecular flexibility index (Phi) is 12.2. The predicted molar refractivity (Wildman–Crippen MR) is 151 cm³/mol. The molecule has 2 amide bonds. The number of benzene rings is 1. The molecule has 0 fully saturated rings. The number of fused-ring (bicyclic) bond motifs is 1. The highest BCUT2D eigenvalue weighted by Gasteiger charge is 2.31. The first-order valence-electron chi connectivity index (χ1n) is 13.8. The molecule has 1 heterocycles. The van der Waals surface area contributed by atoms with Gasteiger partial charge in [0, 0.05) is 44.2 Å². The van der Waals surface area contributed by atoms with Gasteiger partial charge in [-0.05, 0) is 63.0 Å². The Morgan fingerprint density at radius 2 is 1.95 bits per heavy atom. The molecule has 0 radical (unpaired) electrons. The van der Waals surface area contributed by atoms with Crippen LogP contribution in [0.2, 0.25) is 0 Å². The lowest BCUT2D eigenvalue weighted by Gasteiger charge is -2.29. The van der Waals surface area contributed by atoms with E-state index in [4.69, 9.17) is 16.2 Å². The van der Waals surface area contributed by atoms with Crippen LogP contribution in [0.5, 0.6) is 0 Å². The highest BCUT2D eigenvalue weighted by atomic mass is 16.5. The van der Waals surface area contributed by atoms with Crippen LogP contribution in [0.25, 0.3) is 10.9 Å². The van der Waals surface area contributed by atoms with Gasteiger partial charge in [0.2, 0.25) is 11.8 Å². The SMILES string of the molecule is CC[C@@H](Cc1ccc2cnn(CCCOC)c2c1)C[C@H](N)[C@@H](O)C[C@H](C(=O)NCC(C)(C)C(N)=O)C(C)C. The average Bonchev–Trinajstić information content (AvgIpc) is 3.27. The minimum atomic E-state index is -0.842. The molecular weight excluding hydrogens is 482 g/mol. The molecule has 9 nitrogen and oxygen atoms in total. The number of methoxy groups -OCH3 is 1. The van der Waals surface area contributed by atoms with Crippen molar-refractivity contribution in [1.29, 1.82) is 0 Å². The number of aliphatic hydroxyl groups is 1. The van der Waals surface area contributed by atoms with E-state index in [1.54, 1.807) is 21.0 Å². The fraction of sp³-hybridized carbons (Fsp3) is 0.690. The molecule has 0 aliphatic rings. The molecule has 4 atom stereocenters. The Morgan fingerprint density at radius 3 is 2.55 bits per heavy atom. The van der Waals surface area contributed by atoms with E-state index >= 15 is 0 Å². The third-order valence-corrected chi connectivity index (χ3v) is 7.64. The lowest BCUT2D eigenvalue weighted by molar-refractivity contribution is -0.130. The number of primary amides is 1. The third kappa shape index (κ3) is 9.06. The van der Waals surface area contributed by atoms with Crippen LogP contribution in [-0.4, -0.2) is 59.1 Å². The van der Waals surface area contributed by atoms with Crippen LogP contribution in [0.4, 0.5) is 0 Å². The lowest BCUT2D eigenvalue weighted by Crippen LogP contribution is -2.46. The second-order valence-electron chi connectivity index (χ2n) is 11.6. The van der Waals surface area contributed by atoms with Gasteiger partial charge in [-0.2, -0.15) is 5.10 Å². The van der Waals surface area contributed by atoms with Crippen molar-refractivity contribution in [3.05, 3.63) is 30.0 Å². The smallest absolute Gasteiger partial charge is 0.224 e. The fourth-order valence-corrected chi connectivity index (χ4v) is 4.69. The summed E-state index contributed by atoms with van der Waals surface area (Å²) < 4.78 is 7.19. The Balaban J connectivity index is 2.00. The summed E-state index contributed by atoms with van der Waals surface area (Å²) in [5, 5.41) is 19.4. The summed E-state index contributed by atoms with van der Waals surface area (Å²) in [5.41, 5.74) is 13.4. The largest absolute Gasteiger partial charge is 0.391 e. The molecule has 9 heteroatoms. The normalized spacial score (nSPS) is 15.4. The first-order chi connectivity index (χ1) is 17.9. The Bertz CT molecular complexity index is 1040. The van der Waals surface area contributed by atoms with E-state index in [-0.39, 0.29) is 24.8 Å². The van der Waals surface area contributed by atoms with E-state index in [2.05, 4.69) is 35.5 Å². The highest BCUT2D eigenvalue weighted by molar-refractivity contribution is 5.83. The molecule has 0 bridgehead atoms. The summed E-state index contributed by atoms with van der Waals surface area (Å²) in [5.74, 6) is -0.773. The molecule has 2 rings (SSSR count). The summed E-state index contributed by atoms with van der Waals surface area (Å²) in [6.07, 6.45) is 4.70. The number of amides is 2. The molecule has 0 aliphatic carbocycles. The number of hydrogen-bond acceptors (Lipinski definition) is 6. The van der Waals surface area contributed by atoms with Crippen LogP contribution >= 0.6 is 0 Å². The second kappa shape index (κ2) is 14.6. The zero-order valence-electron chi connectivity index (χ0n) is 24.1. The van der Waals surface area contributed by atoms with Crippen LogP contribution in [0.15, 0.2) is 24.4 Å². The molecule has 0 unspecified atom stereocenters. The number of aliphatic hydroxyl groups excluding tert-OH is 1. The number of carbonyl (C=O) groups is 2. The van der Waals surface area contributed by atoms with Crippen LogP contribution in [0, 0.1) is 23.2 Å². The Morgan fingerprint density at radius 1 is 1.24 bits per heavy atom. The molecule has 2 aromatic rings. The minimum Gasteiger partial charge on any atom is -0.391 e. The van der Waals surface area contributed by atoms with Gasteiger partial charge in [-0.15, -0.1) is 0 Å². The van der Waals surface area contributed by atoms with Crippen LogP contribution in [0.3, 0.4) is 0 Å². The lowest BCUT2D eigenvalue weighted by atomic mass is 9.83. The Labute approximate surface area is 227 Å². The van der Waals surface area contributed by atoms with E-state index in [1.165, 1.54) is 5.56 Å². The predicted octanol–water partition coefficient (Wildman–Crippen LogP) is 3.01. The van der Waals surface area contributed by atoms with Crippen molar-refractivity contribution in [3.63, 3.8) is 0 Å². The molecular formula is C29H49N5O4. The average molecular weight is 532 g/mol. The van der Waals surface area contributed by atoms with E-state index in [1.807, 2.05) is 24.7 Å². The number of aryl methyl sites for hydroxylation is 1. The van der Waals surface area contributed by atoms with E-state index in [0.717, 1.165) is 36.7 Å². The van der Waals surface area contributed by atoms with Gasteiger partial charge >= 0.3 is 0 Å². The summed E-state index contributed by atoms with van der Waals surface area (Å²) in [4.78, 5) is 24.5. The number of hydrogen-bond donors (Lipinski definition) is 4. The van der Waals surface area contributed by atoms with Crippen molar-refractivity contribution in [2.45, 2.75) is 85.4 Å². The number of carbonyl (C=O) groups excluding carboxylic acids is 2. The first-order valence-corrected chi connectivity index (χ1v) is 13.8. The number of rotatable bonds is 17. The van der Waals surface area contributed by atoms with E-state index in [9.17, 15) is 14.7 Å². The highest BCUT2D eigenvalue weighted by Crippen LogP contribution is 2.25. The topological polar surface area (TPSA) is 145 Å². The molecule has 1 aromatic carbocycles. The summed E-state index contributed by atoms with van der Waals surface area (Å²) in [7, 11) is 1.71. The van der Waals surface area contributed by atoms with Crippen LogP contribution < -0.4 is 16.8 Å². The van der Waals surface area contributed by atoms with Crippen LogP contribution in [0.1, 0.15) is 65.9 Å². The quantitative estimate of drug-likeness (QED) is 0.231. The number of nitrogens with one attached hydrogen (secondary N) is 1. The van der Waals surface area contributed by atoms with Gasteiger partial charge in [0.05, 0.1) is 23.2 Å². The fourth-order valence-electron chi connectivity index (χ4n) is 4.69. The van der Waals surface area contributed by atoms with Crippen LogP contribution in [-0.2, 0) is 27.3 Å². The molecule has 38 heavy (non-hydrogen) atoms. The summed E-state index contributed by atoms with van der Waals surface area (Å²) in [6.45, 7) is 11.1. The van der Waals surface area contributed by atoms with Gasteiger partial charge in [0.15, 0.2) is 0 Å². The number of nitrogens with two attached hydrogens (primary N) is 2. The first kappa shape index (κ1) is 31.7. The zero-order valence-corrected chi connectivity index (χ0v) is 24.1. The van der Waals surface area contributed by atoms with Gasteiger partial charge < -0.3 is 26.6 Å². The second-order valence-corrected chi connectivity index (χ2v) is 11.6. The zero-order chi connectivity index (χ0) is 28.5. The number of aromatic nitrogens is 2. The molecule has 6 N–H and O–H groups in total. The number of nitrogens with zero attached hydrogens (tertiary/aromatic N) is 2. The Hall–Kier alpha value is -2.49. The van der Waals surface area contributed by atoms with Crippen molar-refractivity contribution in [1.82, 2.24) is 15.1 Å².